The van der Waals surface area contributed by atoms with Crippen molar-refractivity contribution in [3.63, 3.8) is 0 Å². The van der Waals surface area contributed by atoms with Gasteiger partial charge in [0.1, 0.15) is 0 Å². The Morgan fingerprint density at radius 1 is 1.05 bits per heavy atom. The van der Waals surface area contributed by atoms with E-state index in [1.165, 1.54) is 6.07 Å². The van der Waals surface area contributed by atoms with Gasteiger partial charge in [-0.1, -0.05) is 33.6 Å². The number of nitrogens with one attached hydrogen (secondary N) is 1. The van der Waals surface area contributed by atoms with Gasteiger partial charge < -0.3 is 10.4 Å². The van der Waals surface area contributed by atoms with E-state index >= 15 is 0 Å². The van der Waals surface area contributed by atoms with Gasteiger partial charge in [0.15, 0.2) is 0 Å². The van der Waals surface area contributed by atoms with E-state index in [0.29, 0.717) is 10.0 Å². The molecule has 0 radical (unpaired) electrons. The van der Waals surface area contributed by atoms with Crippen LogP contribution in [0.2, 0.25) is 0 Å². The second-order valence-corrected chi connectivity index (χ2v) is 5.68. The molecule has 2 N–H and O–H groups in total. The van der Waals surface area contributed by atoms with E-state index in [1.807, 2.05) is 26.0 Å². The predicted molar refractivity (Wildman–Crippen MR) is 85.0 cm³/mol. The van der Waals surface area contributed by atoms with Crippen molar-refractivity contribution in [3.05, 3.63) is 63.1 Å². The van der Waals surface area contributed by atoms with Crippen molar-refractivity contribution < 1.29 is 14.7 Å². The van der Waals surface area contributed by atoms with Gasteiger partial charge in [-0.05, 0) is 43.7 Å². The Morgan fingerprint density at radius 2 is 1.76 bits per heavy atom. The van der Waals surface area contributed by atoms with Gasteiger partial charge in [-0.25, -0.2) is 4.79 Å². The zero-order valence-electron chi connectivity index (χ0n) is 11.6. The van der Waals surface area contributed by atoms with Crippen LogP contribution in [0.25, 0.3) is 0 Å². The highest BCUT2D eigenvalue weighted by atomic mass is 79.9. The lowest BCUT2D eigenvalue weighted by atomic mass is 10.0. The fourth-order valence-corrected chi connectivity index (χ4v) is 2.33. The van der Waals surface area contributed by atoms with Gasteiger partial charge >= 0.3 is 5.97 Å². The van der Waals surface area contributed by atoms with Crippen LogP contribution in [-0.4, -0.2) is 17.0 Å². The molecular weight excluding hydrogens is 334 g/mol. The summed E-state index contributed by atoms with van der Waals surface area (Å²) in [4.78, 5) is 23.6. The summed E-state index contributed by atoms with van der Waals surface area (Å²) in [7, 11) is 0. The minimum absolute atomic E-state index is 0.0445. The van der Waals surface area contributed by atoms with Crippen LogP contribution in [-0.2, 0) is 0 Å². The van der Waals surface area contributed by atoms with Crippen LogP contribution in [0.5, 0.6) is 0 Å². The van der Waals surface area contributed by atoms with Crippen LogP contribution in [0.4, 0.5) is 5.69 Å². The van der Waals surface area contributed by atoms with E-state index in [-0.39, 0.29) is 17.2 Å². The topological polar surface area (TPSA) is 66.4 Å². The highest BCUT2D eigenvalue weighted by molar-refractivity contribution is 9.10. The standard InChI is InChI=1S/C16H14BrNO3/c1-9-3-4-10(2)12(7-9)15(19)18-14-6-5-11(17)8-13(14)16(20)21/h3-8H,1-2H3,(H,18,19)(H,20,21). The van der Waals surface area contributed by atoms with Gasteiger partial charge in [-0.3, -0.25) is 4.79 Å². The summed E-state index contributed by atoms with van der Waals surface area (Å²) in [6.07, 6.45) is 0. The number of carboxylic acid groups (broad SMARTS) is 1. The normalized spacial score (nSPS) is 10.2. The van der Waals surface area contributed by atoms with Crippen molar-refractivity contribution in [3.8, 4) is 0 Å². The number of amides is 1. The quantitative estimate of drug-likeness (QED) is 0.881. The molecule has 0 saturated heterocycles. The molecule has 4 nitrogen and oxygen atoms in total. The number of carbonyl (C=O) groups is 2. The van der Waals surface area contributed by atoms with E-state index in [4.69, 9.17) is 0 Å². The number of carbonyl (C=O) groups excluding carboxylic acids is 1. The Kier molecular flexibility index (Phi) is 4.43. The number of carboxylic acids is 1. The number of hydrogen-bond donors (Lipinski definition) is 2. The fraction of sp³-hybridized carbons (Fsp3) is 0.125. The molecule has 2 aromatic carbocycles. The molecule has 0 unspecified atom stereocenters. The molecule has 0 aliphatic rings. The molecule has 21 heavy (non-hydrogen) atoms. The summed E-state index contributed by atoms with van der Waals surface area (Å²) < 4.78 is 0.643. The zero-order valence-corrected chi connectivity index (χ0v) is 13.2. The summed E-state index contributed by atoms with van der Waals surface area (Å²) in [5.74, 6) is -1.41. The van der Waals surface area contributed by atoms with Gasteiger partial charge in [-0.2, -0.15) is 0 Å². The molecule has 0 atom stereocenters. The van der Waals surface area contributed by atoms with E-state index in [2.05, 4.69) is 21.2 Å². The molecule has 5 heteroatoms. The van der Waals surface area contributed by atoms with E-state index in [1.54, 1.807) is 18.2 Å². The van der Waals surface area contributed by atoms with Crippen LogP contribution < -0.4 is 5.32 Å². The first-order chi connectivity index (χ1) is 9.88. The van der Waals surface area contributed by atoms with Crippen LogP contribution in [0.3, 0.4) is 0 Å². The Hall–Kier alpha value is -2.14. The maximum atomic E-state index is 12.3. The molecule has 0 fully saturated rings. The SMILES string of the molecule is Cc1ccc(C)c(C(=O)Nc2ccc(Br)cc2C(=O)O)c1. The average Bonchev–Trinajstić information content (AvgIpc) is 2.43. The number of hydrogen-bond acceptors (Lipinski definition) is 2. The number of rotatable bonds is 3. The van der Waals surface area contributed by atoms with Gasteiger partial charge in [0.2, 0.25) is 0 Å². The molecule has 0 spiro atoms. The lowest BCUT2D eigenvalue weighted by molar-refractivity contribution is 0.0698. The summed E-state index contributed by atoms with van der Waals surface area (Å²) in [5, 5.41) is 11.9. The number of halogens is 1. The van der Waals surface area contributed by atoms with Crippen molar-refractivity contribution in [2.24, 2.45) is 0 Å². The monoisotopic (exact) mass is 347 g/mol. The molecular formula is C16H14BrNO3. The van der Waals surface area contributed by atoms with E-state index in [9.17, 15) is 14.7 Å². The van der Waals surface area contributed by atoms with Crippen LogP contribution in [0.15, 0.2) is 40.9 Å². The lowest BCUT2D eigenvalue weighted by Gasteiger charge is -2.11. The molecule has 1 amide bonds. The second-order valence-electron chi connectivity index (χ2n) is 4.77. The third-order valence-electron chi connectivity index (χ3n) is 3.10. The first-order valence-electron chi connectivity index (χ1n) is 6.30. The number of benzene rings is 2. The first-order valence-corrected chi connectivity index (χ1v) is 7.09. The number of anilines is 1. The summed E-state index contributed by atoms with van der Waals surface area (Å²) in [5.41, 5.74) is 2.67. The molecule has 0 saturated carbocycles. The third-order valence-corrected chi connectivity index (χ3v) is 3.59. The molecule has 2 aromatic rings. The van der Waals surface area contributed by atoms with Gasteiger partial charge in [0.25, 0.3) is 5.91 Å². The van der Waals surface area contributed by atoms with Crippen LogP contribution in [0.1, 0.15) is 31.8 Å². The highest BCUT2D eigenvalue weighted by Crippen LogP contribution is 2.22. The molecule has 0 bridgehead atoms. The Morgan fingerprint density at radius 3 is 2.43 bits per heavy atom. The molecule has 0 heterocycles. The van der Waals surface area contributed by atoms with Crippen molar-refractivity contribution in [1.29, 1.82) is 0 Å². The lowest BCUT2D eigenvalue weighted by Crippen LogP contribution is -2.16. The maximum Gasteiger partial charge on any atom is 0.337 e. The zero-order chi connectivity index (χ0) is 15.6. The summed E-state index contributed by atoms with van der Waals surface area (Å²) in [6, 6.07) is 10.3. The third kappa shape index (κ3) is 3.49. The van der Waals surface area contributed by atoms with Crippen LogP contribution in [0, 0.1) is 13.8 Å². The number of aryl methyl sites for hydroxylation is 2. The molecule has 0 aliphatic heterocycles. The molecule has 0 aromatic heterocycles. The maximum absolute atomic E-state index is 12.3. The van der Waals surface area contributed by atoms with Crippen molar-refractivity contribution in [2.45, 2.75) is 13.8 Å². The van der Waals surface area contributed by atoms with Crippen LogP contribution >= 0.6 is 15.9 Å². The number of aromatic carboxylic acids is 1. The fourth-order valence-electron chi connectivity index (χ4n) is 1.97. The molecule has 0 aliphatic carbocycles. The highest BCUT2D eigenvalue weighted by Gasteiger charge is 2.15. The summed E-state index contributed by atoms with van der Waals surface area (Å²) >= 11 is 3.22. The smallest absolute Gasteiger partial charge is 0.337 e. The largest absolute Gasteiger partial charge is 0.478 e. The Bertz CT molecular complexity index is 725. The predicted octanol–water partition coefficient (Wildman–Crippen LogP) is 4.02. The van der Waals surface area contributed by atoms with Gasteiger partial charge in [-0.15, -0.1) is 0 Å². The molecule has 108 valence electrons. The molecule has 2 rings (SSSR count). The van der Waals surface area contributed by atoms with Crippen molar-refractivity contribution in [2.75, 3.05) is 5.32 Å². The minimum atomic E-state index is -1.09. The minimum Gasteiger partial charge on any atom is -0.478 e. The van der Waals surface area contributed by atoms with Gasteiger partial charge in [0.05, 0.1) is 11.3 Å². The van der Waals surface area contributed by atoms with E-state index < -0.39 is 5.97 Å². The Labute approximate surface area is 130 Å². The van der Waals surface area contributed by atoms with Crippen molar-refractivity contribution in [1.82, 2.24) is 0 Å². The first kappa shape index (κ1) is 15.3. The van der Waals surface area contributed by atoms with Crippen molar-refractivity contribution >= 4 is 33.5 Å². The second kappa shape index (κ2) is 6.10. The van der Waals surface area contributed by atoms with E-state index in [0.717, 1.165) is 11.1 Å². The average molecular weight is 348 g/mol. The van der Waals surface area contributed by atoms with Gasteiger partial charge in [0, 0.05) is 10.0 Å². The Balaban J connectivity index is 2.36. The summed E-state index contributed by atoms with van der Waals surface area (Å²) in [6.45, 7) is 3.74.